The Balaban J connectivity index is 1.59. The van der Waals surface area contributed by atoms with Crippen molar-refractivity contribution in [1.82, 2.24) is 10.9 Å². The van der Waals surface area contributed by atoms with Gasteiger partial charge in [0.25, 0.3) is 5.91 Å². The third-order valence-electron chi connectivity index (χ3n) is 4.76. The van der Waals surface area contributed by atoms with Gasteiger partial charge in [0.05, 0.1) is 17.4 Å². The fraction of sp³-hybridized carbons (Fsp3) is 0.471. The highest BCUT2D eigenvalue weighted by Gasteiger charge is 2.51. The molecule has 2 aliphatic carbocycles. The SMILES string of the molecule is CCCc1cc(C(=O)NNC(=O)[C@@H]2[C@H](C(=O)O)[C@H]3C=C[C@H]2C3)cs1. The molecule has 2 aliphatic rings. The molecule has 128 valence electrons. The van der Waals surface area contributed by atoms with Crippen LogP contribution in [0.3, 0.4) is 0 Å². The predicted molar refractivity (Wildman–Crippen MR) is 89.3 cm³/mol. The molecule has 3 rings (SSSR count). The van der Waals surface area contributed by atoms with Crippen molar-refractivity contribution in [2.75, 3.05) is 0 Å². The highest BCUT2D eigenvalue weighted by molar-refractivity contribution is 7.10. The second-order valence-electron chi connectivity index (χ2n) is 6.33. The number of rotatable bonds is 5. The molecule has 6 nitrogen and oxygen atoms in total. The van der Waals surface area contributed by atoms with E-state index in [1.807, 2.05) is 18.2 Å². The lowest BCUT2D eigenvalue weighted by Crippen LogP contribution is -2.48. The average molecular weight is 348 g/mol. The van der Waals surface area contributed by atoms with Gasteiger partial charge in [-0.2, -0.15) is 0 Å². The largest absolute Gasteiger partial charge is 0.481 e. The van der Waals surface area contributed by atoms with Gasteiger partial charge in [-0.25, -0.2) is 0 Å². The van der Waals surface area contributed by atoms with Gasteiger partial charge in [0.15, 0.2) is 0 Å². The van der Waals surface area contributed by atoms with Gasteiger partial charge in [0.1, 0.15) is 0 Å². The summed E-state index contributed by atoms with van der Waals surface area (Å²) in [5, 5.41) is 11.1. The normalized spacial score (nSPS) is 27.2. The molecule has 0 unspecified atom stereocenters. The molecule has 0 radical (unpaired) electrons. The summed E-state index contributed by atoms with van der Waals surface area (Å²) in [4.78, 5) is 37.0. The van der Waals surface area contributed by atoms with Gasteiger partial charge < -0.3 is 5.11 Å². The second-order valence-corrected chi connectivity index (χ2v) is 7.33. The maximum atomic E-state index is 12.4. The molecule has 0 aliphatic heterocycles. The van der Waals surface area contributed by atoms with Crippen LogP contribution in [-0.4, -0.2) is 22.9 Å². The molecule has 7 heteroatoms. The number of aliphatic carboxylic acids is 1. The number of amides is 2. The fourth-order valence-electron chi connectivity index (χ4n) is 3.67. The molecule has 2 amide bonds. The van der Waals surface area contributed by atoms with Crippen LogP contribution in [0, 0.1) is 23.7 Å². The first kappa shape index (κ1) is 16.7. The van der Waals surface area contributed by atoms with E-state index in [0.29, 0.717) is 12.0 Å². The maximum absolute atomic E-state index is 12.4. The van der Waals surface area contributed by atoms with Crippen molar-refractivity contribution in [3.05, 3.63) is 34.0 Å². The maximum Gasteiger partial charge on any atom is 0.307 e. The Labute approximate surface area is 143 Å². The van der Waals surface area contributed by atoms with Gasteiger partial charge in [-0.1, -0.05) is 25.5 Å². The number of hydrogen-bond donors (Lipinski definition) is 3. The Hall–Kier alpha value is -2.15. The second kappa shape index (κ2) is 6.76. The number of nitrogens with one attached hydrogen (secondary N) is 2. The quantitative estimate of drug-likeness (QED) is 0.560. The number of carbonyl (C=O) groups is 3. The van der Waals surface area contributed by atoms with Crippen LogP contribution in [0.1, 0.15) is 35.0 Å². The number of thiophene rings is 1. The van der Waals surface area contributed by atoms with E-state index < -0.39 is 23.7 Å². The molecule has 1 fully saturated rings. The van der Waals surface area contributed by atoms with Crippen LogP contribution in [0.4, 0.5) is 0 Å². The average Bonchev–Trinajstić information content (AvgIpc) is 3.27. The molecule has 1 saturated carbocycles. The molecule has 2 bridgehead atoms. The van der Waals surface area contributed by atoms with Gasteiger partial charge in [-0.05, 0) is 30.7 Å². The Morgan fingerprint density at radius 3 is 2.58 bits per heavy atom. The summed E-state index contributed by atoms with van der Waals surface area (Å²) in [6.07, 6.45) is 6.40. The highest BCUT2D eigenvalue weighted by atomic mass is 32.1. The lowest BCUT2D eigenvalue weighted by Gasteiger charge is -2.23. The molecule has 0 spiro atoms. The van der Waals surface area contributed by atoms with Crippen molar-refractivity contribution in [2.24, 2.45) is 23.7 Å². The lowest BCUT2D eigenvalue weighted by molar-refractivity contribution is -0.148. The number of hydrazine groups is 1. The Morgan fingerprint density at radius 1 is 1.21 bits per heavy atom. The number of carbonyl (C=O) groups excluding carboxylic acids is 2. The third kappa shape index (κ3) is 3.08. The summed E-state index contributed by atoms with van der Waals surface area (Å²) < 4.78 is 0. The number of hydrogen-bond acceptors (Lipinski definition) is 4. The Kier molecular flexibility index (Phi) is 4.71. The van der Waals surface area contributed by atoms with Crippen molar-refractivity contribution in [1.29, 1.82) is 0 Å². The summed E-state index contributed by atoms with van der Waals surface area (Å²) in [6.45, 7) is 2.07. The lowest BCUT2D eigenvalue weighted by atomic mass is 9.82. The van der Waals surface area contributed by atoms with E-state index in [1.165, 1.54) is 11.3 Å². The van der Waals surface area contributed by atoms with Crippen molar-refractivity contribution in [2.45, 2.75) is 26.2 Å². The van der Waals surface area contributed by atoms with E-state index in [-0.39, 0.29) is 17.7 Å². The summed E-state index contributed by atoms with van der Waals surface area (Å²) >= 11 is 1.52. The van der Waals surface area contributed by atoms with Crippen LogP contribution < -0.4 is 10.9 Å². The van der Waals surface area contributed by atoms with E-state index in [0.717, 1.165) is 17.7 Å². The first-order valence-corrected chi connectivity index (χ1v) is 8.98. The van der Waals surface area contributed by atoms with Crippen molar-refractivity contribution in [3.8, 4) is 0 Å². The Bertz CT molecular complexity index is 697. The first-order chi connectivity index (χ1) is 11.5. The molecule has 0 aromatic carbocycles. The topological polar surface area (TPSA) is 95.5 Å². The van der Waals surface area contributed by atoms with Crippen molar-refractivity contribution < 1.29 is 19.5 Å². The summed E-state index contributed by atoms with van der Waals surface area (Å²) in [5.41, 5.74) is 5.31. The van der Waals surface area contributed by atoms with Crippen molar-refractivity contribution in [3.63, 3.8) is 0 Å². The van der Waals surface area contributed by atoms with Crippen LogP contribution in [0.25, 0.3) is 0 Å². The minimum Gasteiger partial charge on any atom is -0.481 e. The Morgan fingerprint density at radius 2 is 1.92 bits per heavy atom. The summed E-state index contributed by atoms with van der Waals surface area (Å²) in [7, 11) is 0. The minimum atomic E-state index is -0.958. The minimum absolute atomic E-state index is 0.0645. The van der Waals surface area contributed by atoms with E-state index >= 15 is 0 Å². The van der Waals surface area contributed by atoms with Crippen LogP contribution in [0.5, 0.6) is 0 Å². The number of carboxylic acid groups (broad SMARTS) is 1. The zero-order valence-electron chi connectivity index (χ0n) is 13.3. The smallest absolute Gasteiger partial charge is 0.307 e. The van der Waals surface area contributed by atoms with E-state index in [4.69, 9.17) is 0 Å². The van der Waals surface area contributed by atoms with Crippen LogP contribution in [-0.2, 0) is 16.0 Å². The molecule has 4 atom stereocenters. The number of fused-ring (bicyclic) bond motifs is 2. The van der Waals surface area contributed by atoms with Crippen LogP contribution >= 0.6 is 11.3 Å². The molecular weight excluding hydrogens is 328 g/mol. The molecule has 1 heterocycles. The van der Waals surface area contributed by atoms with Crippen molar-refractivity contribution >= 4 is 29.1 Å². The van der Waals surface area contributed by atoms with Gasteiger partial charge >= 0.3 is 5.97 Å². The van der Waals surface area contributed by atoms with E-state index in [2.05, 4.69) is 17.8 Å². The molecule has 3 N–H and O–H groups in total. The van der Waals surface area contributed by atoms with E-state index in [1.54, 1.807) is 5.38 Å². The highest BCUT2D eigenvalue weighted by Crippen LogP contribution is 2.48. The standard InChI is InChI=1S/C17H20N2O4S/c1-2-3-12-7-11(8-24-12)15(20)18-19-16(21)13-9-4-5-10(6-9)14(13)17(22)23/h4-5,7-10,13-14H,2-3,6H2,1H3,(H,18,20)(H,19,21)(H,22,23)/t9-,10-,13-,14+/m0/s1. The molecule has 1 aromatic rings. The predicted octanol–water partition coefficient (Wildman–Crippen LogP) is 1.98. The molecule has 0 saturated heterocycles. The number of carboxylic acids is 1. The van der Waals surface area contributed by atoms with Gasteiger partial charge in [-0.15, -0.1) is 11.3 Å². The number of allylic oxidation sites excluding steroid dienone is 2. The molecule has 24 heavy (non-hydrogen) atoms. The van der Waals surface area contributed by atoms with Gasteiger partial charge in [0, 0.05) is 10.3 Å². The van der Waals surface area contributed by atoms with Crippen LogP contribution in [0.15, 0.2) is 23.6 Å². The zero-order chi connectivity index (χ0) is 17.3. The fourth-order valence-corrected chi connectivity index (χ4v) is 4.64. The zero-order valence-corrected chi connectivity index (χ0v) is 14.1. The molecule has 1 aromatic heterocycles. The first-order valence-electron chi connectivity index (χ1n) is 8.10. The summed E-state index contributed by atoms with van der Waals surface area (Å²) in [6, 6.07) is 1.82. The summed E-state index contributed by atoms with van der Waals surface area (Å²) in [5.74, 6) is -3.27. The van der Waals surface area contributed by atoms with E-state index in [9.17, 15) is 19.5 Å². The van der Waals surface area contributed by atoms with Gasteiger partial charge in [0.2, 0.25) is 5.91 Å². The monoisotopic (exact) mass is 348 g/mol. The van der Waals surface area contributed by atoms with Crippen LogP contribution in [0.2, 0.25) is 0 Å². The third-order valence-corrected chi connectivity index (χ3v) is 5.76. The number of aryl methyl sites for hydroxylation is 1. The van der Waals surface area contributed by atoms with Gasteiger partial charge in [-0.3, -0.25) is 25.2 Å². The molecular formula is C17H20N2O4S.